The van der Waals surface area contributed by atoms with E-state index in [9.17, 15) is 23.6 Å². The van der Waals surface area contributed by atoms with E-state index >= 15 is 0 Å². The molecule has 15 heteroatoms. The van der Waals surface area contributed by atoms with Gasteiger partial charge in [-0.2, -0.15) is 0 Å². The van der Waals surface area contributed by atoms with E-state index in [2.05, 4.69) is 25.8 Å². The number of anilines is 2. The van der Waals surface area contributed by atoms with Crippen LogP contribution in [0.25, 0.3) is 0 Å². The molecule has 4 amide bonds. The number of hydrogen-bond donors (Lipinski definition) is 4. The molecule has 4 N–H and O–H groups in total. The number of likely N-dealkylation sites (tertiary alicyclic amines) is 1. The lowest BCUT2D eigenvalue weighted by atomic mass is 10.0. The Morgan fingerprint density at radius 2 is 1.82 bits per heavy atom. The van der Waals surface area contributed by atoms with Gasteiger partial charge >= 0.3 is 0 Å². The zero-order valence-corrected chi connectivity index (χ0v) is 30.3. The van der Waals surface area contributed by atoms with E-state index in [1.807, 2.05) is 52.3 Å². The lowest BCUT2D eigenvalue weighted by Crippen LogP contribution is -2.52. The van der Waals surface area contributed by atoms with Crippen LogP contribution in [0.3, 0.4) is 0 Å². The average Bonchev–Trinajstić information content (AvgIpc) is 3.96. The lowest BCUT2D eigenvalue weighted by molar-refractivity contribution is -0.137. The molecular weight excluding hydrogens is 704 g/mol. The Bertz CT molecular complexity index is 2100. The number of carbonyl (C=O) groups is 4. The van der Waals surface area contributed by atoms with Gasteiger partial charge in [-0.15, -0.1) is 0 Å². The smallest absolute Gasteiger partial charge is 0.255 e. The fourth-order valence-electron chi connectivity index (χ4n) is 8.05. The van der Waals surface area contributed by atoms with Gasteiger partial charge in [0, 0.05) is 56.9 Å². The number of amides is 4. The molecule has 3 saturated heterocycles. The molecule has 0 radical (unpaired) electrons. The summed E-state index contributed by atoms with van der Waals surface area (Å²) in [6, 6.07) is 17.2. The summed E-state index contributed by atoms with van der Waals surface area (Å²) in [5.74, 6) is 0.553. The summed E-state index contributed by atoms with van der Waals surface area (Å²) >= 11 is 0. The van der Waals surface area contributed by atoms with E-state index in [0.717, 1.165) is 42.0 Å². The molecular formula is C40H43FN10O4. The summed E-state index contributed by atoms with van der Waals surface area (Å²) in [6.45, 7) is 3.98. The van der Waals surface area contributed by atoms with Crippen LogP contribution in [-0.4, -0.2) is 107 Å². The highest BCUT2D eigenvalue weighted by molar-refractivity contribution is 6.06. The van der Waals surface area contributed by atoms with Gasteiger partial charge in [-0.1, -0.05) is 24.3 Å². The number of benzene rings is 2. The normalized spacial score (nSPS) is 22.5. The van der Waals surface area contributed by atoms with Crippen molar-refractivity contribution in [1.29, 1.82) is 5.41 Å². The van der Waals surface area contributed by atoms with Crippen molar-refractivity contribution in [2.75, 3.05) is 56.0 Å². The highest BCUT2D eigenvalue weighted by Crippen LogP contribution is 2.33. The van der Waals surface area contributed by atoms with Crippen LogP contribution < -0.4 is 20.9 Å². The number of piperazine rings is 1. The first-order valence-electron chi connectivity index (χ1n) is 18.8. The highest BCUT2D eigenvalue weighted by Gasteiger charge is 2.39. The molecule has 6 heterocycles. The SMILES string of the molecule is N=C(/C=C\C1=NCC(c2cccc(N3CCN(C(=O)CNc4ccc5c(c4)C(=O)N(C4CCC(=O)NC4=O)C5)CC3)n2)N1)N1CCC[C@@H]1c1cccc(F)c1. The van der Waals surface area contributed by atoms with Crippen LogP contribution >= 0.6 is 0 Å². The summed E-state index contributed by atoms with van der Waals surface area (Å²) in [7, 11) is 0. The first kappa shape index (κ1) is 35.9. The first-order chi connectivity index (χ1) is 26.7. The Morgan fingerprint density at radius 1 is 0.982 bits per heavy atom. The number of amidine groups is 2. The summed E-state index contributed by atoms with van der Waals surface area (Å²) in [6.07, 6.45) is 5.90. The van der Waals surface area contributed by atoms with Gasteiger partial charge in [0.2, 0.25) is 17.7 Å². The molecule has 3 atom stereocenters. The third kappa shape index (κ3) is 7.64. The number of halogens is 1. The second kappa shape index (κ2) is 15.3. The molecule has 0 spiro atoms. The number of nitrogens with one attached hydrogen (secondary N) is 4. The van der Waals surface area contributed by atoms with E-state index < -0.39 is 11.9 Å². The maximum atomic E-state index is 13.9. The van der Waals surface area contributed by atoms with Crippen LogP contribution in [0.2, 0.25) is 0 Å². The van der Waals surface area contributed by atoms with Gasteiger partial charge in [0.15, 0.2) is 0 Å². The topological polar surface area (TPSA) is 166 Å². The van der Waals surface area contributed by atoms with Gasteiger partial charge in [0.05, 0.1) is 30.9 Å². The van der Waals surface area contributed by atoms with Crippen molar-refractivity contribution in [3.8, 4) is 0 Å². The minimum atomic E-state index is -0.673. The largest absolute Gasteiger partial charge is 0.376 e. The molecule has 0 saturated carbocycles. The third-order valence-electron chi connectivity index (χ3n) is 11.0. The number of nitrogens with zero attached hydrogens (tertiary/aromatic N) is 6. The number of pyridine rings is 1. The molecule has 1 aromatic heterocycles. The second-order valence-electron chi connectivity index (χ2n) is 14.5. The maximum absolute atomic E-state index is 13.9. The van der Waals surface area contributed by atoms with Gasteiger partial charge in [0.1, 0.15) is 29.3 Å². The fourth-order valence-corrected chi connectivity index (χ4v) is 8.05. The van der Waals surface area contributed by atoms with E-state index in [4.69, 9.17) is 10.4 Å². The molecule has 2 unspecified atom stereocenters. The summed E-state index contributed by atoms with van der Waals surface area (Å²) in [5.41, 5.74) is 3.69. The number of aliphatic imine (C=N–C) groups is 1. The minimum Gasteiger partial charge on any atom is -0.376 e. The monoisotopic (exact) mass is 746 g/mol. The quantitative estimate of drug-likeness (QED) is 0.146. The number of carbonyl (C=O) groups excluding carboxylic acids is 4. The Balaban J connectivity index is 0.801. The molecule has 5 aliphatic heterocycles. The zero-order valence-electron chi connectivity index (χ0n) is 30.3. The number of imide groups is 1. The predicted molar refractivity (Wildman–Crippen MR) is 204 cm³/mol. The third-order valence-corrected chi connectivity index (χ3v) is 11.0. The van der Waals surface area contributed by atoms with Gasteiger partial charge < -0.3 is 30.2 Å². The van der Waals surface area contributed by atoms with Gasteiger partial charge in [0.25, 0.3) is 5.91 Å². The van der Waals surface area contributed by atoms with Crippen LogP contribution in [0.5, 0.6) is 0 Å². The Labute approximate surface area is 318 Å². The summed E-state index contributed by atoms with van der Waals surface area (Å²) in [5, 5.41) is 17.6. The molecule has 0 bridgehead atoms. The van der Waals surface area contributed by atoms with Crippen LogP contribution in [0, 0.1) is 11.2 Å². The number of rotatable bonds is 9. The summed E-state index contributed by atoms with van der Waals surface area (Å²) < 4.78 is 13.9. The van der Waals surface area contributed by atoms with Crippen molar-refractivity contribution in [1.82, 2.24) is 30.3 Å². The minimum absolute atomic E-state index is 0.0193. The van der Waals surface area contributed by atoms with Crippen LogP contribution in [0.1, 0.15) is 64.9 Å². The van der Waals surface area contributed by atoms with Gasteiger partial charge in [-0.05, 0) is 78.9 Å². The molecule has 0 aliphatic carbocycles. The first-order valence-corrected chi connectivity index (χ1v) is 18.8. The van der Waals surface area contributed by atoms with Crippen molar-refractivity contribution >= 4 is 46.8 Å². The molecule has 3 aromatic rings. The van der Waals surface area contributed by atoms with E-state index in [0.29, 0.717) is 68.6 Å². The van der Waals surface area contributed by atoms with E-state index in [1.165, 1.54) is 11.0 Å². The van der Waals surface area contributed by atoms with Crippen molar-refractivity contribution in [3.63, 3.8) is 0 Å². The summed E-state index contributed by atoms with van der Waals surface area (Å²) in [4.78, 5) is 67.4. The Morgan fingerprint density at radius 3 is 2.64 bits per heavy atom. The van der Waals surface area contributed by atoms with E-state index in [1.54, 1.807) is 24.3 Å². The number of fused-ring (bicyclic) bond motifs is 1. The molecule has 3 fully saturated rings. The van der Waals surface area contributed by atoms with Crippen molar-refractivity contribution < 1.29 is 23.6 Å². The Hall–Kier alpha value is -6.12. The van der Waals surface area contributed by atoms with Crippen molar-refractivity contribution in [2.24, 2.45) is 4.99 Å². The highest BCUT2D eigenvalue weighted by atomic mass is 19.1. The molecule has 55 heavy (non-hydrogen) atoms. The van der Waals surface area contributed by atoms with Crippen LogP contribution in [0.15, 0.2) is 77.8 Å². The van der Waals surface area contributed by atoms with Crippen molar-refractivity contribution in [2.45, 2.75) is 50.4 Å². The second-order valence-corrected chi connectivity index (χ2v) is 14.5. The molecule has 14 nitrogen and oxygen atoms in total. The fraction of sp³-hybridized carbons (Fsp3) is 0.375. The standard InChI is InChI=1S/C40H43FN10O4/c41-27-5-1-4-25(20-27)32-7-3-15-50(32)34(42)12-13-35-44-22-31(45-35)30-6-2-8-36(46-30)48-16-18-49(19-17-48)38(53)23-43-28-10-9-26-24-51(40(55)29(26)21-28)33-11-14-37(52)47-39(33)54/h1-2,4-6,8-10,12-13,20-21,31-33,42-43H,3,7,11,14-19,22-24H2,(H,44,45)(H,47,52,54)/b13-12-,42-34?/t31?,32-,33?/m1/s1. The molecule has 284 valence electrons. The molecule has 2 aromatic carbocycles. The lowest BCUT2D eigenvalue weighted by Gasteiger charge is -2.35. The van der Waals surface area contributed by atoms with Gasteiger partial charge in [-0.25, -0.2) is 9.37 Å². The van der Waals surface area contributed by atoms with Crippen LogP contribution in [-0.2, 0) is 20.9 Å². The predicted octanol–water partition coefficient (Wildman–Crippen LogP) is 3.16. The molecule has 5 aliphatic rings. The average molecular weight is 747 g/mol. The Kier molecular flexibility index (Phi) is 10.00. The molecule has 8 rings (SSSR count). The van der Waals surface area contributed by atoms with Crippen LogP contribution in [0.4, 0.5) is 15.9 Å². The van der Waals surface area contributed by atoms with Crippen molar-refractivity contribution in [3.05, 3.63) is 101 Å². The number of hydrogen-bond acceptors (Lipinski definition) is 10. The maximum Gasteiger partial charge on any atom is 0.255 e. The van der Waals surface area contributed by atoms with E-state index in [-0.39, 0.29) is 48.6 Å². The zero-order chi connectivity index (χ0) is 38.1. The van der Waals surface area contributed by atoms with Gasteiger partial charge in [-0.3, -0.25) is 34.9 Å². The number of aromatic nitrogens is 1. The number of piperidine rings is 1.